The second kappa shape index (κ2) is 10.3. The molecule has 0 fully saturated rings. The molecule has 1 heteroatoms. The number of hydrogen-bond acceptors (Lipinski definition) is 0. The maximum absolute atomic E-state index is 3.29. The van der Waals surface area contributed by atoms with Gasteiger partial charge in [-0.25, -0.2) is 23.3 Å². The van der Waals surface area contributed by atoms with Crippen molar-refractivity contribution in [3.8, 4) is 0 Å². The Bertz CT molecular complexity index is 318. The van der Waals surface area contributed by atoms with Crippen molar-refractivity contribution >= 4 is 0 Å². The van der Waals surface area contributed by atoms with Gasteiger partial charge in [-0.3, -0.25) is 12.2 Å². The Labute approximate surface area is 131 Å². The van der Waals surface area contributed by atoms with Gasteiger partial charge in [-0.2, -0.15) is 12.2 Å². The van der Waals surface area contributed by atoms with Crippen molar-refractivity contribution in [3.05, 3.63) is 47.6 Å². The third kappa shape index (κ3) is 9.13. The Hall–Kier alpha value is -0.456. The fraction of sp³-hybridized carbons (Fsp3) is 0.556. The van der Waals surface area contributed by atoms with E-state index in [0.717, 1.165) is 24.7 Å². The quantitative estimate of drug-likeness (QED) is 0.605. The van der Waals surface area contributed by atoms with Gasteiger partial charge < -0.3 is 0 Å². The molecule has 0 heterocycles. The van der Waals surface area contributed by atoms with Crippen molar-refractivity contribution in [3.63, 3.8) is 0 Å². The molecule has 0 saturated heterocycles. The Morgan fingerprint density at radius 1 is 0.842 bits per heavy atom. The van der Waals surface area contributed by atoms with Gasteiger partial charge in [0.2, 0.25) is 0 Å². The van der Waals surface area contributed by atoms with Crippen LogP contribution in [-0.2, 0) is 18.6 Å². The summed E-state index contributed by atoms with van der Waals surface area (Å²) in [5.74, 6) is 1.55. The molecule has 2 rings (SSSR count). The van der Waals surface area contributed by atoms with Crippen molar-refractivity contribution in [1.29, 1.82) is 0 Å². The van der Waals surface area contributed by atoms with Crippen LogP contribution in [0.15, 0.2) is 35.5 Å². The van der Waals surface area contributed by atoms with Gasteiger partial charge in [-0.05, 0) is 11.8 Å². The molecule has 0 N–H and O–H groups in total. The summed E-state index contributed by atoms with van der Waals surface area (Å²) in [6.07, 6.45) is 19.7. The van der Waals surface area contributed by atoms with Crippen LogP contribution < -0.4 is 0 Å². The molecule has 0 nitrogen and oxygen atoms in total. The van der Waals surface area contributed by atoms with Crippen molar-refractivity contribution in [2.24, 2.45) is 11.8 Å². The second-order valence-electron chi connectivity index (χ2n) is 5.81. The molecule has 0 unspecified atom stereocenters. The van der Waals surface area contributed by atoms with Crippen LogP contribution in [0.5, 0.6) is 0 Å². The van der Waals surface area contributed by atoms with E-state index in [0.29, 0.717) is 0 Å². The molecule has 1 radical (unpaired) electrons. The molecule has 0 aromatic heterocycles. The van der Waals surface area contributed by atoms with E-state index in [4.69, 9.17) is 0 Å². The van der Waals surface area contributed by atoms with Gasteiger partial charge in [-0.1, -0.05) is 40.5 Å². The van der Waals surface area contributed by atoms with Gasteiger partial charge in [0, 0.05) is 0 Å². The van der Waals surface area contributed by atoms with Crippen LogP contribution >= 0.6 is 0 Å². The number of allylic oxidation sites excluding steroid dienone is 8. The van der Waals surface area contributed by atoms with E-state index in [9.17, 15) is 0 Å². The zero-order valence-electron chi connectivity index (χ0n) is 12.7. The predicted octanol–water partition coefficient (Wildman–Crippen LogP) is 5.44. The molecule has 0 bridgehead atoms. The molecular weight excluding hydrogens is 267 g/mol. The van der Waals surface area contributed by atoms with Crippen LogP contribution in [-0.4, -0.2) is 0 Å². The molecule has 0 aliphatic heterocycles. The maximum Gasteiger partial charge on any atom is 2.00 e. The van der Waals surface area contributed by atoms with Crippen LogP contribution in [0, 0.1) is 24.0 Å². The molecule has 0 atom stereocenters. The molecule has 19 heavy (non-hydrogen) atoms. The molecular formula is C18H26V. The average Bonchev–Trinajstić information content (AvgIpc) is 2.90. The summed E-state index contributed by atoms with van der Waals surface area (Å²) < 4.78 is 0. The Morgan fingerprint density at radius 3 is 1.42 bits per heavy atom. The summed E-state index contributed by atoms with van der Waals surface area (Å²) in [5.41, 5.74) is 2.79. The molecule has 0 aromatic carbocycles. The van der Waals surface area contributed by atoms with Crippen LogP contribution in [0.3, 0.4) is 0 Å². The fourth-order valence-corrected chi connectivity index (χ4v) is 2.06. The van der Waals surface area contributed by atoms with Gasteiger partial charge in [0.1, 0.15) is 0 Å². The first-order valence-corrected chi connectivity index (χ1v) is 7.10. The maximum atomic E-state index is 3.29. The van der Waals surface area contributed by atoms with Gasteiger partial charge in [0.05, 0.1) is 0 Å². The zero-order chi connectivity index (χ0) is 13.4. The van der Waals surface area contributed by atoms with Gasteiger partial charge >= 0.3 is 18.6 Å². The van der Waals surface area contributed by atoms with E-state index in [-0.39, 0.29) is 18.6 Å². The molecule has 0 aromatic rings. The van der Waals surface area contributed by atoms with Crippen LogP contribution in [0.25, 0.3) is 0 Å². The Balaban J connectivity index is 0.000000324. The van der Waals surface area contributed by atoms with E-state index in [1.165, 1.54) is 24.0 Å². The first-order valence-electron chi connectivity index (χ1n) is 7.10. The van der Waals surface area contributed by atoms with Crippen molar-refractivity contribution in [2.75, 3.05) is 0 Å². The summed E-state index contributed by atoms with van der Waals surface area (Å²) in [6, 6.07) is 0. The summed E-state index contributed by atoms with van der Waals surface area (Å²) in [7, 11) is 0. The van der Waals surface area contributed by atoms with E-state index >= 15 is 0 Å². The minimum atomic E-state index is 0. The smallest absolute Gasteiger partial charge is 0.269 e. The molecule has 0 amide bonds. The summed E-state index contributed by atoms with van der Waals surface area (Å²) in [6.45, 7) is 8.95. The number of rotatable bonds is 4. The minimum absolute atomic E-state index is 0. The van der Waals surface area contributed by atoms with E-state index in [1.54, 1.807) is 0 Å². The Morgan fingerprint density at radius 2 is 1.21 bits per heavy atom. The SMILES string of the molecule is CC(C)CC1=[C-]CC=C1.CC(C)CC1=[C-]CC=C1.[V+2]. The summed E-state index contributed by atoms with van der Waals surface area (Å²) in [5, 5.41) is 0. The largest absolute Gasteiger partial charge is 2.00 e. The molecule has 0 spiro atoms. The first kappa shape index (κ1) is 18.5. The second-order valence-corrected chi connectivity index (χ2v) is 5.81. The van der Waals surface area contributed by atoms with E-state index in [1.807, 2.05) is 0 Å². The van der Waals surface area contributed by atoms with Crippen LogP contribution in [0.1, 0.15) is 53.4 Å². The third-order valence-corrected chi connectivity index (χ3v) is 2.79. The molecule has 2 aliphatic rings. The molecule has 103 valence electrons. The van der Waals surface area contributed by atoms with E-state index < -0.39 is 0 Å². The Kier molecular flexibility index (Phi) is 10.1. The monoisotopic (exact) mass is 293 g/mol. The molecule has 0 saturated carbocycles. The van der Waals surface area contributed by atoms with Crippen LogP contribution in [0.2, 0.25) is 0 Å². The van der Waals surface area contributed by atoms with Gasteiger partial charge in [-0.15, -0.1) is 12.8 Å². The van der Waals surface area contributed by atoms with Crippen molar-refractivity contribution in [2.45, 2.75) is 53.4 Å². The zero-order valence-corrected chi connectivity index (χ0v) is 14.1. The predicted molar refractivity (Wildman–Crippen MR) is 79.9 cm³/mol. The average molecular weight is 293 g/mol. The van der Waals surface area contributed by atoms with E-state index in [2.05, 4.69) is 64.2 Å². The topological polar surface area (TPSA) is 0 Å². The van der Waals surface area contributed by atoms with Crippen molar-refractivity contribution < 1.29 is 18.6 Å². The minimum Gasteiger partial charge on any atom is -0.269 e. The first-order chi connectivity index (χ1) is 8.58. The fourth-order valence-electron chi connectivity index (χ4n) is 2.06. The normalized spacial score (nSPS) is 16.1. The standard InChI is InChI=1S/2C9H13.V/c2*1-8(2)7-9-5-3-4-6-9;/h2*3,5,8H,4,7H2,1-2H3;/q2*-1;+2. The van der Waals surface area contributed by atoms with Gasteiger partial charge in [0.25, 0.3) is 0 Å². The third-order valence-electron chi connectivity index (χ3n) is 2.79. The molecule has 2 aliphatic carbocycles. The van der Waals surface area contributed by atoms with Crippen LogP contribution in [0.4, 0.5) is 0 Å². The summed E-state index contributed by atoms with van der Waals surface area (Å²) >= 11 is 0. The summed E-state index contributed by atoms with van der Waals surface area (Å²) in [4.78, 5) is 0. The van der Waals surface area contributed by atoms with Crippen molar-refractivity contribution in [1.82, 2.24) is 0 Å². The van der Waals surface area contributed by atoms with Gasteiger partial charge in [0.15, 0.2) is 0 Å². The number of hydrogen-bond donors (Lipinski definition) is 0.